The number of hydrogen-bond donors (Lipinski definition) is 2. The van der Waals surface area contributed by atoms with Crippen LogP contribution in [0.2, 0.25) is 0 Å². The zero-order valence-electron chi connectivity index (χ0n) is 8.08. The number of thiocarbonyl (C=S) groups is 1. The monoisotopic (exact) mass is 223 g/mol. The van der Waals surface area contributed by atoms with Crippen molar-refractivity contribution in [3.05, 3.63) is 0 Å². The Hall–Kier alpha value is 0.160. The van der Waals surface area contributed by atoms with Gasteiger partial charge in [-0.05, 0) is 13.8 Å². The fourth-order valence-corrected chi connectivity index (χ4v) is 1.10. The highest BCUT2D eigenvalue weighted by Gasteiger charge is 2.06. The summed E-state index contributed by atoms with van der Waals surface area (Å²) in [6.45, 7) is 5.95. The molecule has 0 aliphatic carbocycles. The lowest BCUT2D eigenvalue weighted by Gasteiger charge is -2.16. The van der Waals surface area contributed by atoms with Gasteiger partial charge in [0, 0.05) is 26.2 Å². The first-order valence-corrected chi connectivity index (χ1v) is 5.26. The maximum absolute atomic E-state index is 5.33. The highest BCUT2D eigenvalue weighted by molar-refractivity contribution is 8.11. The van der Waals surface area contributed by atoms with E-state index in [2.05, 4.69) is 17.9 Å². The molecule has 0 saturated carbocycles. The summed E-state index contributed by atoms with van der Waals surface area (Å²) in [6, 6.07) is 0. The standard InChI is InChI=1S/C8H17NO2S2/c1-3-10-7(11-4-2)5-6-9-8(12)13/h7H,3-6H2,1-2H3,(H2,9,12,13). The lowest BCUT2D eigenvalue weighted by atomic mass is 10.4. The topological polar surface area (TPSA) is 30.5 Å². The maximum Gasteiger partial charge on any atom is 0.159 e. The summed E-state index contributed by atoms with van der Waals surface area (Å²) in [7, 11) is 0. The van der Waals surface area contributed by atoms with Crippen molar-refractivity contribution in [1.29, 1.82) is 0 Å². The molecule has 0 saturated heterocycles. The third kappa shape index (κ3) is 8.49. The molecule has 0 spiro atoms. The molecule has 0 amide bonds. The van der Waals surface area contributed by atoms with Crippen molar-refractivity contribution in [2.24, 2.45) is 0 Å². The van der Waals surface area contributed by atoms with Crippen LogP contribution in [0.15, 0.2) is 0 Å². The molecule has 0 aromatic carbocycles. The number of hydrogen-bond acceptors (Lipinski definition) is 3. The second-order valence-electron chi connectivity index (χ2n) is 2.36. The number of nitrogens with one attached hydrogen (secondary N) is 1. The van der Waals surface area contributed by atoms with Crippen LogP contribution >= 0.6 is 24.8 Å². The molecule has 3 nitrogen and oxygen atoms in total. The average Bonchev–Trinajstić information content (AvgIpc) is 2.04. The Bertz CT molecular complexity index is 138. The molecule has 5 heteroatoms. The highest BCUT2D eigenvalue weighted by Crippen LogP contribution is 1.99. The summed E-state index contributed by atoms with van der Waals surface area (Å²) < 4.78 is 11.2. The van der Waals surface area contributed by atoms with Crippen LogP contribution in [0.5, 0.6) is 0 Å². The third-order valence-corrected chi connectivity index (χ3v) is 1.66. The summed E-state index contributed by atoms with van der Waals surface area (Å²) in [5.74, 6) is 0. The van der Waals surface area contributed by atoms with Crippen LogP contribution in [0.4, 0.5) is 0 Å². The first kappa shape index (κ1) is 13.2. The van der Waals surface area contributed by atoms with Gasteiger partial charge >= 0.3 is 0 Å². The van der Waals surface area contributed by atoms with E-state index in [1.807, 2.05) is 13.8 Å². The lowest BCUT2D eigenvalue weighted by Crippen LogP contribution is -2.25. The van der Waals surface area contributed by atoms with Gasteiger partial charge in [0.15, 0.2) is 6.29 Å². The third-order valence-electron chi connectivity index (χ3n) is 1.36. The molecule has 0 aromatic heterocycles. The number of thiol groups is 1. The molecule has 0 rings (SSSR count). The molecule has 1 N–H and O–H groups in total. The largest absolute Gasteiger partial charge is 0.371 e. The minimum Gasteiger partial charge on any atom is -0.371 e. The van der Waals surface area contributed by atoms with E-state index in [1.165, 1.54) is 0 Å². The fourth-order valence-electron chi connectivity index (χ4n) is 0.884. The maximum atomic E-state index is 5.33. The fraction of sp³-hybridized carbons (Fsp3) is 0.875. The van der Waals surface area contributed by atoms with Gasteiger partial charge in [-0.25, -0.2) is 0 Å². The van der Waals surface area contributed by atoms with E-state index in [0.717, 1.165) is 13.0 Å². The lowest BCUT2D eigenvalue weighted by molar-refractivity contribution is -0.138. The van der Waals surface area contributed by atoms with E-state index in [-0.39, 0.29) is 6.29 Å². The molecule has 0 heterocycles. The Morgan fingerprint density at radius 1 is 1.38 bits per heavy atom. The molecule has 0 bridgehead atoms. The van der Waals surface area contributed by atoms with Crippen LogP contribution in [0.3, 0.4) is 0 Å². The zero-order chi connectivity index (χ0) is 10.1. The van der Waals surface area contributed by atoms with Gasteiger partial charge in [0.25, 0.3) is 0 Å². The van der Waals surface area contributed by atoms with Gasteiger partial charge < -0.3 is 14.8 Å². The molecule has 13 heavy (non-hydrogen) atoms. The molecular weight excluding hydrogens is 206 g/mol. The van der Waals surface area contributed by atoms with Crippen molar-refractivity contribution >= 4 is 29.2 Å². The van der Waals surface area contributed by atoms with Gasteiger partial charge in [-0.15, -0.1) is 12.6 Å². The van der Waals surface area contributed by atoms with E-state index < -0.39 is 0 Å². The van der Waals surface area contributed by atoms with Gasteiger partial charge in [-0.1, -0.05) is 12.2 Å². The van der Waals surface area contributed by atoms with Crippen LogP contribution in [-0.2, 0) is 9.47 Å². The van der Waals surface area contributed by atoms with Crippen LogP contribution in [0.25, 0.3) is 0 Å². The summed E-state index contributed by atoms with van der Waals surface area (Å²) in [5.41, 5.74) is 0. The van der Waals surface area contributed by atoms with Crippen LogP contribution in [-0.4, -0.2) is 30.4 Å². The number of rotatable bonds is 7. The van der Waals surface area contributed by atoms with Gasteiger partial charge in [0.05, 0.1) is 0 Å². The van der Waals surface area contributed by atoms with Crippen LogP contribution in [0, 0.1) is 0 Å². The molecule has 0 aliphatic rings. The summed E-state index contributed by atoms with van der Waals surface area (Å²) >= 11 is 8.69. The number of ether oxygens (including phenoxy) is 2. The van der Waals surface area contributed by atoms with E-state index in [1.54, 1.807) is 0 Å². The van der Waals surface area contributed by atoms with Crippen molar-refractivity contribution in [1.82, 2.24) is 5.32 Å². The van der Waals surface area contributed by atoms with E-state index in [9.17, 15) is 0 Å². The molecule has 0 atom stereocenters. The Balaban J connectivity index is 3.49. The van der Waals surface area contributed by atoms with E-state index in [0.29, 0.717) is 17.5 Å². The summed E-state index contributed by atoms with van der Waals surface area (Å²) in [5, 5.41) is 2.93. The minimum absolute atomic E-state index is 0.134. The normalized spacial score (nSPS) is 10.5. The zero-order valence-corrected chi connectivity index (χ0v) is 9.79. The Labute approximate surface area is 90.6 Å². The van der Waals surface area contributed by atoms with Gasteiger partial charge in [-0.2, -0.15) is 0 Å². The van der Waals surface area contributed by atoms with Gasteiger partial charge in [0.1, 0.15) is 4.32 Å². The SMILES string of the molecule is CCOC(CCNC(=S)S)OCC. The second-order valence-corrected chi connectivity index (χ2v) is 3.52. The Morgan fingerprint density at radius 2 is 1.92 bits per heavy atom. The molecule has 0 unspecified atom stereocenters. The molecule has 0 radical (unpaired) electrons. The van der Waals surface area contributed by atoms with Crippen molar-refractivity contribution in [3.8, 4) is 0 Å². The summed E-state index contributed by atoms with van der Waals surface area (Å²) in [4.78, 5) is 0. The predicted octanol–water partition coefficient (Wildman–Crippen LogP) is 1.58. The molecule has 78 valence electrons. The van der Waals surface area contributed by atoms with Crippen LogP contribution < -0.4 is 5.32 Å². The Morgan fingerprint density at radius 3 is 2.31 bits per heavy atom. The van der Waals surface area contributed by atoms with E-state index in [4.69, 9.17) is 21.7 Å². The van der Waals surface area contributed by atoms with Gasteiger partial charge in [0.2, 0.25) is 0 Å². The van der Waals surface area contributed by atoms with Crippen LogP contribution in [0.1, 0.15) is 20.3 Å². The van der Waals surface area contributed by atoms with Crippen molar-refractivity contribution in [3.63, 3.8) is 0 Å². The van der Waals surface area contributed by atoms with E-state index >= 15 is 0 Å². The molecule has 0 fully saturated rings. The summed E-state index contributed by atoms with van der Waals surface area (Å²) in [6.07, 6.45) is 0.646. The quantitative estimate of drug-likeness (QED) is 0.390. The smallest absolute Gasteiger partial charge is 0.159 e. The van der Waals surface area contributed by atoms with Gasteiger partial charge in [-0.3, -0.25) is 0 Å². The Kier molecular flexibility index (Phi) is 8.85. The average molecular weight is 223 g/mol. The second kappa shape index (κ2) is 8.74. The molecular formula is C8H17NO2S2. The molecule has 0 aliphatic heterocycles. The highest BCUT2D eigenvalue weighted by atomic mass is 32.1. The first-order chi connectivity index (χ1) is 6.20. The minimum atomic E-state index is -0.134. The first-order valence-electron chi connectivity index (χ1n) is 4.40. The van der Waals surface area contributed by atoms with Crippen molar-refractivity contribution < 1.29 is 9.47 Å². The van der Waals surface area contributed by atoms with Crippen molar-refractivity contribution in [2.75, 3.05) is 19.8 Å². The predicted molar refractivity (Wildman–Crippen MR) is 61.2 cm³/mol. The molecule has 0 aromatic rings. The van der Waals surface area contributed by atoms with Crippen molar-refractivity contribution in [2.45, 2.75) is 26.6 Å².